The first kappa shape index (κ1) is 36.5. The predicted octanol–water partition coefficient (Wildman–Crippen LogP) is 10.3. The largest absolute Gasteiger partial charge is 0.392 e. The Morgan fingerprint density at radius 3 is 2.46 bits per heavy atom. The van der Waals surface area contributed by atoms with Gasteiger partial charge < -0.3 is 19.5 Å². The van der Waals surface area contributed by atoms with Crippen LogP contribution < -0.4 is 0 Å². The monoisotopic (exact) mass is 746 g/mol. The van der Waals surface area contributed by atoms with Crippen LogP contribution in [0.5, 0.6) is 0 Å². The molecule has 54 heavy (non-hydrogen) atoms. The lowest BCUT2D eigenvalue weighted by Crippen LogP contribution is -2.62. The van der Waals surface area contributed by atoms with Crippen molar-refractivity contribution in [1.82, 2.24) is 9.55 Å². The molecule has 4 aliphatic carbocycles. The Morgan fingerprint density at radius 2 is 1.80 bits per heavy atom. The van der Waals surface area contributed by atoms with Gasteiger partial charge in [0.1, 0.15) is 11.0 Å². The van der Waals surface area contributed by atoms with Crippen molar-refractivity contribution < 1.29 is 19.7 Å². The summed E-state index contributed by atoms with van der Waals surface area (Å²) in [6, 6.07) is 1.83. The van der Waals surface area contributed by atoms with Crippen molar-refractivity contribution in [3.05, 3.63) is 86.0 Å². The summed E-state index contributed by atoms with van der Waals surface area (Å²) in [5, 5.41) is 26.4. The summed E-state index contributed by atoms with van der Waals surface area (Å²) >= 11 is 1.73. The van der Waals surface area contributed by atoms with Crippen LogP contribution in [0.1, 0.15) is 148 Å². The van der Waals surface area contributed by atoms with E-state index in [1.807, 2.05) is 6.92 Å². The maximum atomic E-state index is 15.0. The summed E-state index contributed by atoms with van der Waals surface area (Å²) in [5.41, 5.74) is 8.43. The fourth-order valence-electron chi connectivity index (χ4n) is 13.2. The molecule has 286 valence electrons. The van der Waals surface area contributed by atoms with Gasteiger partial charge in [-0.25, -0.2) is 4.98 Å². The number of fused-ring (bicyclic) bond motifs is 11. The number of nitrogens with zero attached hydrogens (tertiary/aromatic N) is 2. The number of aryl methyl sites for hydroxylation is 2. The van der Waals surface area contributed by atoms with Gasteiger partial charge in [0.15, 0.2) is 5.78 Å². The standard InChI is InChI=1S/C47H58N2O4S/c1-23(2)37-40(52)35-34-28(31-22-43(6,7)53-44(8,9)36(31)39(34)51)21-29-30-20-27-15-16-32-45(10,18-13-14-24(3)42-48-25(4)26(5)54-42)33(50)17-19-46(32,11)47(27,12)41(30)49(37)38(29)35/h13-14,18,21-22,27,32-33,36-37,39,50-51H,1,15-17,19-20H2,2-12H3/b18-13+,24-14+/t27?,32-,33-,36?,37-,39+,45-,46-,47+/m0/s1. The van der Waals surface area contributed by atoms with Gasteiger partial charge in [0.2, 0.25) is 0 Å². The lowest BCUT2D eigenvalue weighted by atomic mass is 9.40. The zero-order valence-corrected chi connectivity index (χ0v) is 34.9. The molecule has 1 aromatic carbocycles. The van der Waals surface area contributed by atoms with Crippen molar-refractivity contribution in [3.63, 3.8) is 0 Å². The Morgan fingerprint density at radius 1 is 1.07 bits per heavy atom. The van der Waals surface area contributed by atoms with Gasteiger partial charge in [-0.3, -0.25) is 4.79 Å². The number of hydrogen-bond donors (Lipinski definition) is 2. The summed E-state index contributed by atoms with van der Waals surface area (Å²) < 4.78 is 8.96. The third-order valence-corrected chi connectivity index (χ3v) is 17.0. The zero-order valence-electron chi connectivity index (χ0n) is 34.1. The van der Waals surface area contributed by atoms with Gasteiger partial charge in [-0.2, -0.15) is 0 Å². The van der Waals surface area contributed by atoms with Crippen LogP contribution in [0.15, 0.2) is 42.5 Å². The van der Waals surface area contributed by atoms with E-state index in [9.17, 15) is 15.0 Å². The average molecular weight is 747 g/mol. The summed E-state index contributed by atoms with van der Waals surface area (Å²) in [6.07, 6.45) is 12.3. The van der Waals surface area contributed by atoms with E-state index in [0.717, 1.165) is 76.2 Å². The minimum Gasteiger partial charge on any atom is -0.392 e. The first-order valence-corrected chi connectivity index (χ1v) is 21.0. The van der Waals surface area contributed by atoms with Crippen molar-refractivity contribution in [2.45, 2.75) is 143 Å². The second-order valence-corrected chi connectivity index (χ2v) is 20.9. The van der Waals surface area contributed by atoms with Crippen LogP contribution in [0.25, 0.3) is 22.0 Å². The molecule has 7 heteroatoms. The Hall–Kier alpha value is -3.10. The van der Waals surface area contributed by atoms with E-state index < -0.39 is 34.9 Å². The molecule has 3 aromatic rings. The second-order valence-electron chi connectivity index (χ2n) is 19.7. The number of Topliss-reactive ketones (excluding diaryl/α,β-unsaturated/α-hetero) is 1. The summed E-state index contributed by atoms with van der Waals surface area (Å²) in [6.45, 7) is 28.4. The van der Waals surface area contributed by atoms with Crippen LogP contribution in [0.4, 0.5) is 0 Å². The van der Waals surface area contributed by atoms with E-state index >= 15 is 0 Å². The number of hydrogen-bond acceptors (Lipinski definition) is 6. The number of allylic oxidation sites excluding steroid dienone is 4. The molecule has 0 spiro atoms. The quantitative estimate of drug-likeness (QED) is 0.205. The lowest BCUT2D eigenvalue weighted by molar-refractivity contribution is -0.144. The molecule has 2 fully saturated rings. The number of aliphatic hydroxyl groups excluding tert-OH is 2. The highest BCUT2D eigenvalue weighted by Gasteiger charge is 2.67. The molecular formula is C47H58N2O4S. The molecule has 6 aliphatic rings. The molecule has 0 radical (unpaired) electrons. The van der Waals surface area contributed by atoms with Crippen LogP contribution in [-0.2, 0) is 16.6 Å². The van der Waals surface area contributed by atoms with Gasteiger partial charge in [0.25, 0.3) is 0 Å². The molecule has 9 rings (SSSR count). The lowest BCUT2D eigenvalue weighted by Gasteiger charge is -2.64. The minimum absolute atomic E-state index is 0.0580. The van der Waals surface area contributed by atoms with Crippen molar-refractivity contribution in [1.29, 1.82) is 0 Å². The fraction of sp³-hybridized carbons (Fsp3) is 0.574. The van der Waals surface area contributed by atoms with Crippen molar-refractivity contribution in [2.75, 3.05) is 0 Å². The Bertz CT molecular complexity index is 2280. The van der Waals surface area contributed by atoms with Crippen molar-refractivity contribution in [2.24, 2.45) is 28.6 Å². The molecule has 0 saturated heterocycles. The zero-order chi connectivity index (χ0) is 38.8. The number of aliphatic hydroxyl groups is 2. The molecule has 2 unspecified atom stereocenters. The highest BCUT2D eigenvalue weighted by Crippen LogP contribution is 2.71. The number of carbonyl (C=O) groups excluding carboxylic acids is 1. The van der Waals surface area contributed by atoms with Crippen LogP contribution in [0.2, 0.25) is 0 Å². The highest BCUT2D eigenvalue weighted by molar-refractivity contribution is 7.12. The number of benzene rings is 1. The van der Waals surface area contributed by atoms with Gasteiger partial charge in [0, 0.05) is 38.3 Å². The second kappa shape index (κ2) is 11.3. The Labute approximate surface area is 325 Å². The fourth-order valence-corrected chi connectivity index (χ4v) is 14.1. The van der Waals surface area contributed by atoms with E-state index in [0.29, 0.717) is 11.5 Å². The molecule has 2 aliphatic heterocycles. The predicted molar refractivity (Wildman–Crippen MR) is 219 cm³/mol. The van der Waals surface area contributed by atoms with Crippen LogP contribution in [-0.4, -0.2) is 42.9 Å². The number of ketones is 1. The number of ether oxygens (including phenoxy) is 1. The molecule has 0 amide bonds. The van der Waals surface area contributed by atoms with E-state index in [1.54, 1.807) is 11.3 Å². The molecule has 2 saturated carbocycles. The van der Waals surface area contributed by atoms with Crippen LogP contribution in [0, 0.1) is 42.4 Å². The van der Waals surface area contributed by atoms with Gasteiger partial charge in [0.05, 0.1) is 40.2 Å². The SMILES string of the molecule is C=C(C)[C@H]1C(=O)c2c3c(cc4c5c(n1c24)[C@@]1(C)C(CC[C@H]2[C@](C)(/C=C/C=C(\C)c4nc(C)c(C)s4)[C@@H](O)CC[C@@]21C)C5)C1=CC(C)(C)OC(C)(C)C1[C@@H]3O. The van der Waals surface area contributed by atoms with Crippen molar-refractivity contribution >= 4 is 39.2 Å². The van der Waals surface area contributed by atoms with Crippen molar-refractivity contribution in [3.8, 4) is 0 Å². The summed E-state index contributed by atoms with van der Waals surface area (Å²) in [7, 11) is 0. The molecule has 2 aromatic heterocycles. The Balaban J connectivity index is 1.21. The molecular weight excluding hydrogens is 689 g/mol. The molecule has 6 nitrogen and oxygen atoms in total. The van der Waals surface area contributed by atoms with E-state index in [2.05, 4.69) is 111 Å². The van der Waals surface area contributed by atoms with Gasteiger partial charge in [-0.1, -0.05) is 51.2 Å². The highest BCUT2D eigenvalue weighted by atomic mass is 32.1. The van der Waals surface area contributed by atoms with Gasteiger partial charge in [-0.05, 0) is 139 Å². The molecule has 0 bridgehead atoms. The van der Waals surface area contributed by atoms with E-state index in [4.69, 9.17) is 9.72 Å². The number of rotatable bonds is 4. The van der Waals surface area contributed by atoms with Gasteiger partial charge >= 0.3 is 0 Å². The maximum Gasteiger partial charge on any atom is 0.192 e. The maximum absolute atomic E-state index is 15.0. The number of carbonyl (C=O) groups is 1. The van der Waals surface area contributed by atoms with Crippen LogP contribution >= 0.6 is 11.3 Å². The van der Waals surface area contributed by atoms with E-state index in [1.165, 1.54) is 21.5 Å². The van der Waals surface area contributed by atoms with Crippen LogP contribution in [0.3, 0.4) is 0 Å². The third kappa shape index (κ3) is 4.44. The van der Waals surface area contributed by atoms with Gasteiger partial charge in [-0.15, -0.1) is 11.3 Å². The summed E-state index contributed by atoms with van der Waals surface area (Å²) in [5.74, 6) is 0.470. The molecule has 9 atom stereocenters. The van der Waals surface area contributed by atoms with E-state index in [-0.39, 0.29) is 28.4 Å². The topological polar surface area (TPSA) is 84.6 Å². The number of aromatic nitrogens is 2. The normalized spacial score (nSPS) is 37.3. The molecule has 2 N–H and O–H groups in total. The Kier molecular flexibility index (Phi) is 7.62. The minimum atomic E-state index is -0.837. The average Bonchev–Trinajstić information content (AvgIpc) is 3.82. The first-order valence-electron chi connectivity index (χ1n) is 20.2. The third-order valence-electron chi connectivity index (χ3n) is 15.8. The number of thiazole rings is 1. The summed E-state index contributed by atoms with van der Waals surface area (Å²) in [4.78, 5) is 21.0. The smallest absolute Gasteiger partial charge is 0.192 e. The molecule has 4 heterocycles. The first-order chi connectivity index (χ1) is 25.2.